The molecule has 1 N–H and O–H groups in total. The third-order valence-electron chi connectivity index (χ3n) is 6.46. The number of nitrogens with one attached hydrogen (secondary N) is 1. The Hall–Kier alpha value is -1.60. The second-order valence-corrected chi connectivity index (χ2v) is 9.83. The van der Waals surface area contributed by atoms with E-state index >= 15 is 0 Å². The summed E-state index contributed by atoms with van der Waals surface area (Å²) in [6.45, 7) is 11.3. The van der Waals surface area contributed by atoms with E-state index in [1.807, 2.05) is 0 Å². The van der Waals surface area contributed by atoms with E-state index in [1.54, 1.807) is 0 Å². The average Bonchev–Trinajstić information content (AvgIpc) is 2.70. The van der Waals surface area contributed by atoms with E-state index in [0.717, 1.165) is 18.4 Å². The summed E-state index contributed by atoms with van der Waals surface area (Å²) in [6, 6.07) is 18.1. The van der Waals surface area contributed by atoms with Crippen LogP contribution in [0, 0.1) is 11.8 Å². The van der Waals surface area contributed by atoms with Gasteiger partial charge in [-0.2, -0.15) is 0 Å². The van der Waals surface area contributed by atoms with Gasteiger partial charge < -0.3 is 5.32 Å². The summed E-state index contributed by atoms with van der Waals surface area (Å²) in [5, 5.41) is 3.70. The summed E-state index contributed by atoms with van der Waals surface area (Å²) < 4.78 is 0. The third-order valence-corrected chi connectivity index (χ3v) is 6.46. The number of benzene rings is 2. The van der Waals surface area contributed by atoms with Gasteiger partial charge in [-0.25, -0.2) is 0 Å². The first kappa shape index (κ1) is 21.1. The highest BCUT2D eigenvalue weighted by Gasteiger charge is 2.20. The topological polar surface area (TPSA) is 12.0 Å². The molecule has 0 saturated heterocycles. The molecule has 2 aromatic carbocycles. The Morgan fingerprint density at radius 1 is 0.786 bits per heavy atom. The number of hydrogen-bond donors (Lipinski definition) is 1. The molecule has 28 heavy (non-hydrogen) atoms. The molecular weight excluding hydrogens is 338 g/mol. The predicted octanol–water partition coefficient (Wildman–Crippen LogP) is 7.35. The fourth-order valence-electron chi connectivity index (χ4n) is 4.53. The third kappa shape index (κ3) is 5.95. The SMILES string of the molecule is CCCC1CCC(CNCc2ccc(-c3ccc(C(C)(C)C)cc3)cc2)CC1. The van der Waals surface area contributed by atoms with Gasteiger partial charge in [0, 0.05) is 6.54 Å². The molecule has 1 fully saturated rings. The molecule has 0 aromatic heterocycles. The summed E-state index contributed by atoms with van der Waals surface area (Å²) in [5.74, 6) is 1.89. The Balaban J connectivity index is 1.46. The van der Waals surface area contributed by atoms with E-state index in [9.17, 15) is 0 Å². The molecule has 2 aromatic rings. The summed E-state index contributed by atoms with van der Waals surface area (Å²) >= 11 is 0. The minimum atomic E-state index is 0.212. The van der Waals surface area contributed by atoms with Crippen LogP contribution in [0.1, 0.15) is 77.3 Å². The standard InChI is InChI=1S/C27H39N/c1-5-6-21-7-9-22(10-8-21)19-28-20-23-11-13-24(14-12-23)25-15-17-26(18-16-25)27(2,3)4/h11-18,21-22,28H,5-10,19-20H2,1-4H3. The van der Waals surface area contributed by atoms with Gasteiger partial charge in [-0.1, -0.05) is 102 Å². The minimum Gasteiger partial charge on any atom is -0.312 e. The normalized spacial score (nSPS) is 20.3. The van der Waals surface area contributed by atoms with Crippen molar-refractivity contribution >= 4 is 0 Å². The van der Waals surface area contributed by atoms with E-state index in [-0.39, 0.29) is 5.41 Å². The molecule has 3 rings (SSSR count). The van der Waals surface area contributed by atoms with Gasteiger partial charge in [0.05, 0.1) is 0 Å². The molecule has 1 nitrogen and oxygen atoms in total. The molecule has 1 aliphatic carbocycles. The molecular formula is C27H39N. The van der Waals surface area contributed by atoms with Crippen LogP contribution in [0.4, 0.5) is 0 Å². The lowest BCUT2D eigenvalue weighted by atomic mass is 9.80. The van der Waals surface area contributed by atoms with E-state index in [4.69, 9.17) is 0 Å². The zero-order chi connectivity index (χ0) is 20.0. The maximum atomic E-state index is 3.70. The maximum absolute atomic E-state index is 3.70. The van der Waals surface area contributed by atoms with E-state index in [0.29, 0.717) is 0 Å². The maximum Gasteiger partial charge on any atom is 0.0205 e. The highest BCUT2D eigenvalue weighted by molar-refractivity contribution is 5.64. The zero-order valence-electron chi connectivity index (χ0n) is 18.4. The van der Waals surface area contributed by atoms with E-state index in [2.05, 4.69) is 81.5 Å². The Labute approximate surface area is 173 Å². The fraction of sp³-hybridized carbons (Fsp3) is 0.556. The Kier molecular flexibility index (Phi) is 7.35. The van der Waals surface area contributed by atoms with Crippen molar-refractivity contribution in [1.82, 2.24) is 5.32 Å². The van der Waals surface area contributed by atoms with Crippen molar-refractivity contribution in [1.29, 1.82) is 0 Å². The van der Waals surface area contributed by atoms with Crippen LogP contribution in [-0.2, 0) is 12.0 Å². The first-order valence-electron chi connectivity index (χ1n) is 11.4. The summed E-state index contributed by atoms with van der Waals surface area (Å²) in [7, 11) is 0. The molecule has 0 unspecified atom stereocenters. The average molecular weight is 378 g/mol. The van der Waals surface area contributed by atoms with Gasteiger partial charge in [0.2, 0.25) is 0 Å². The fourth-order valence-corrected chi connectivity index (χ4v) is 4.53. The summed E-state index contributed by atoms with van der Waals surface area (Å²) in [5.41, 5.74) is 5.59. The molecule has 0 amide bonds. The molecule has 0 atom stereocenters. The van der Waals surface area contributed by atoms with Crippen molar-refractivity contribution in [3.05, 3.63) is 59.7 Å². The van der Waals surface area contributed by atoms with Crippen molar-refractivity contribution in [2.45, 2.75) is 78.2 Å². The smallest absolute Gasteiger partial charge is 0.0205 e. The van der Waals surface area contributed by atoms with Gasteiger partial charge in [-0.3, -0.25) is 0 Å². The van der Waals surface area contributed by atoms with Gasteiger partial charge in [-0.05, 0) is 58.9 Å². The molecule has 152 valence electrons. The van der Waals surface area contributed by atoms with Crippen LogP contribution in [0.3, 0.4) is 0 Å². The summed E-state index contributed by atoms with van der Waals surface area (Å²) in [4.78, 5) is 0. The van der Waals surface area contributed by atoms with Crippen molar-refractivity contribution in [2.75, 3.05) is 6.54 Å². The van der Waals surface area contributed by atoms with Gasteiger partial charge in [0.15, 0.2) is 0 Å². The lowest BCUT2D eigenvalue weighted by molar-refractivity contribution is 0.256. The molecule has 0 radical (unpaired) electrons. The molecule has 1 aliphatic rings. The monoisotopic (exact) mass is 377 g/mol. The molecule has 0 bridgehead atoms. The lowest BCUT2D eigenvalue weighted by Gasteiger charge is -2.28. The lowest BCUT2D eigenvalue weighted by Crippen LogP contribution is -2.26. The Morgan fingerprint density at radius 3 is 1.86 bits per heavy atom. The number of hydrogen-bond acceptors (Lipinski definition) is 1. The quantitative estimate of drug-likeness (QED) is 0.532. The van der Waals surface area contributed by atoms with Gasteiger partial charge in [0.25, 0.3) is 0 Å². The van der Waals surface area contributed by atoms with Crippen LogP contribution < -0.4 is 5.32 Å². The molecule has 0 spiro atoms. The van der Waals surface area contributed by atoms with Crippen molar-refractivity contribution in [3.63, 3.8) is 0 Å². The van der Waals surface area contributed by atoms with Gasteiger partial charge in [0.1, 0.15) is 0 Å². The Bertz CT molecular complexity index is 697. The van der Waals surface area contributed by atoms with Crippen LogP contribution in [0.15, 0.2) is 48.5 Å². The van der Waals surface area contributed by atoms with Gasteiger partial charge in [-0.15, -0.1) is 0 Å². The highest BCUT2D eigenvalue weighted by Crippen LogP contribution is 2.31. The molecule has 0 heterocycles. The molecule has 1 heteroatoms. The number of rotatable bonds is 7. The van der Waals surface area contributed by atoms with E-state index < -0.39 is 0 Å². The van der Waals surface area contributed by atoms with E-state index in [1.165, 1.54) is 67.3 Å². The second-order valence-electron chi connectivity index (χ2n) is 9.83. The van der Waals surface area contributed by atoms with Crippen LogP contribution in [0.25, 0.3) is 11.1 Å². The van der Waals surface area contributed by atoms with Crippen LogP contribution in [-0.4, -0.2) is 6.54 Å². The summed E-state index contributed by atoms with van der Waals surface area (Å²) in [6.07, 6.45) is 8.52. The first-order chi connectivity index (χ1) is 13.5. The van der Waals surface area contributed by atoms with Crippen LogP contribution in [0.5, 0.6) is 0 Å². The molecule has 1 saturated carbocycles. The largest absolute Gasteiger partial charge is 0.312 e. The van der Waals surface area contributed by atoms with Crippen molar-refractivity contribution in [2.24, 2.45) is 11.8 Å². The minimum absolute atomic E-state index is 0.212. The van der Waals surface area contributed by atoms with Crippen LogP contribution >= 0.6 is 0 Å². The van der Waals surface area contributed by atoms with Crippen LogP contribution in [0.2, 0.25) is 0 Å². The predicted molar refractivity (Wildman–Crippen MR) is 123 cm³/mol. The zero-order valence-corrected chi connectivity index (χ0v) is 18.4. The first-order valence-corrected chi connectivity index (χ1v) is 11.4. The highest BCUT2D eigenvalue weighted by atomic mass is 14.9. The van der Waals surface area contributed by atoms with Crippen molar-refractivity contribution in [3.8, 4) is 11.1 Å². The van der Waals surface area contributed by atoms with Gasteiger partial charge >= 0.3 is 0 Å². The molecule has 0 aliphatic heterocycles. The van der Waals surface area contributed by atoms with Crippen molar-refractivity contribution < 1.29 is 0 Å². The second kappa shape index (κ2) is 9.74. The Morgan fingerprint density at radius 2 is 1.32 bits per heavy atom.